The fraction of sp³-hybridized carbons (Fsp3) is 0.273. The molecule has 1 aliphatic heterocycles. The van der Waals surface area contributed by atoms with Crippen molar-refractivity contribution in [2.24, 2.45) is 0 Å². The molecule has 0 N–H and O–H groups in total. The zero-order valence-electron chi connectivity index (χ0n) is 8.42. The highest BCUT2D eigenvalue weighted by Crippen LogP contribution is 2.31. The average Bonchev–Trinajstić information content (AvgIpc) is 2.19. The lowest BCUT2D eigenvalue weighted by molar-refractivity contribution is -0.125. The number of hydrogen-bond acceptors (Lipinski definition) is 3. The Morgan fingerprint density at radius 3 is 2.88 bits per heavy atom. The summed E-state index contributed by atoms with van der Waals surface area (Å²) in [6.07, 6.45) is -0.286. The van der Waals surface area contributed by atoms with E-state index in [-0.39, 0.29) is 5.78 Å². The minimum absolute atomic E-state index is 0.152. The number of cyclic esters (lactones) is 1. The molecule has 3 nitrogen and oxygen atoms in total. The number of benzene rings is 1. The molecule has 0 fully saturated rings. The van der Waals surface area contributed by atoms with Crippen LogP contribution in [0.1, 0.15) is 22.8 Å². The van der Waals surface area contributed by atoms with Crippen molar-refractivity contribution in [1.82, 2.24) is 0 Å². The van der Waals surface area contributed by atoms with Gasteiger partial charge >= 0.3 is 5.97 Å². The number of hydrogen-bond donors (Lipinski definition) is 0. The summed E-state index contributed by atoms with van der Waals surface area (Å²) in [5.41, 5.74) is 1.21. The second kappa shape index (κ2) is 4.18. The van der Waals surface area contributed by atoms with E-state index in [0.717, 1.165) is 10.0 Å². The third-order valence-corrected chi connectivity index (χ3v) is 3.40. The highest BCUT2D eigenvalue weighted by Gasteiger charge is 2.30. The quantitative estimate of drug-likeness (QED) is 0.749. The molecule has 0 saturated carbocycles. The zero-order valence-corrected chi connectivity index (χ0v) is 10.8. The van der Waals surface area contributed by atoms with E-state index in [1.54, 1.807) is 12.1 Å². The third kappa shape index (κ3) is 1.99. The first kappa shape index (κ1) is 11.6. The Labute approximate surface area is 106 Å². The molecular formula is C11H8BrClO3. The summed E-state index contributed by atoms with van der Waals surface area (Å²) in [7, 11) is 0. The van der Waals surface area contributed by atoms with Crippen LogP contribution >= 0.6 is 27.5 Å². The normalized spacial score (nSPS) is 18.9. The van der Waals surface area contributed by atoms with E-state index in [2.05, 4.69) is 15.9 Å². The number of ether oxygens (including phenoxy) is 1. The van der Waals surface area contributed by atoms with Crippen molar-refractivity contribution >= 4 is 39.3 Å². The molecule has 1 unspecified atom stereocenters. The number of carbonyl (C=O) groups is 2. The van der Waals surface area contributed by atoms with Crippen LogP contribution in [0, 0.1) is 0 Å². The molecule has 0 amide bonds. The predicted molar refractivity (Wildman–Crippen MR) is 62.7 cm³/mol. The van der Waals surface area contributed by atoms with Crippen LogP contribution in [0.5, 0.6) is 0 Å². The number of fused-ring (bicyclic) bond motifs is 1. The van der Waals surface area contributed by atoms with Crippen LogP contribution in [0.2, 0.25) is 5.02 Å². The van der Waals surface area contributed by atoms with Crippen LogP contribution in [-0.2, 0) is 16.0 Å². The Kier molecular flexibility index (Phi) is 3.04. The molecule has 1 heterocycles. The van der Waals surface area contributed by atoms with Gasteiger partial charge in [-0.05, 0) is 24.6 Å². The van der Waals surface area contributed by atoms with Gasteiger partial charge in [-0.3, -0.25) is 4.79 Å². The molecule has 1 aliphatic rings. The van der Waals surface area contributed by atoms with Crippen LogP contribution < -0.4 is 0 Å². The van der Waals surface area contributed by atoms with Gasteiger partial charge in [-0.15, -0.1) is 0 Å². The highest BCUT2D eigenvalue weighted by atomic mass is 79.9. The van der Waals surface area contributed by atoms with Gasteiger partial charge in [0.05, 0.1) is 5.56 Å². The molecule has 1 atom stereocenters. The predicted octanol–water partition coefficient (Wildman–Crippen LogP) is 2.77. The maximum atomic E-state index is 11.7. The van der Waals surface area contributed by atoms with Gasteiger partial charge in [0, 0.05) is 15.9 Å². The summed E-state index contributed by atoms with van der Waals surface area (Å²) < 4.78 is 5.75. The van der Waals surface area contributed by atoms with Crippen molar-refractivity contribution in [2.75, 3.05) is 0 Å². The summed E-state index contributed by atoms with van der Waals surface area (Å²) in [5, 5.41) is 0.462. The first-order valence-electron chi connectivity index (χ1n) is 4.68. The fourth-order valence-electron chi connectivity index (χ4n) is 1.64. The summed E-state index contributed by atoms with van der Waals surface area (Å²) in [4.78, 5) is 22.9. The van der Waals surface area contributed by atoms with Gasteiger partial charge in [0.2, 0.25) is 0 Å². The van der Waals surface area contributed by atoms with Crippen molar-refractivity contribution < 1.29 is 14.3 Å². The molecule has 84 valence electrons. The first-order valence-corrected chi connectivity index (χ1v) is 5.85. The lowest BCUT2D eigenvalue weighted by Gasteiger charge is -2.23. The summed E-state index contributed by atoms with van der Waals surface area (Å²) in [6.45, 7) is 1.41. The first-order chi connectivity index (χ1) is 7.49. The zero-order chi connectivity index (χ0) is 11.9. The second-order valence-electron chi connectivity index (χ2n) is 3.62. The summed E-state index contributed by atoms with van der Waals surface area (Å²) in [6, 6.07) is 3.26. The molecule has 0 bridgehead atoms. The summed E-state index contributed by atoms with van der Waals surface area (Å²) >= 11 is 9.17. The van der Waals surface area contributed by atoms with E-state index in [9.17, 15) is 9.59 Å². The Morgan fingerprint density at radius 1 is 1.56 bits per heavy atom. The molecule has 2 rings (SSSR count). The molecule has 0 spiro atoms. The maximum absolute atomic E-state index is 11.7. The van der Waals surface area contributed by atoms with E-state index in [4.69, 9.17) is 16.3 Å². The summed E-state index contributed by atoms with van der Waals surface area (Å²) in [5.74, 6) is -0.648. The van der Waals surface area contributed by atoms with Crippen LogP contribution in [0.25, 0.3) is 0 Å². The fourth-order valence-corrected chi connectivity index (χ4v) is 2.61. The van der Waals surface area contributed by atoms with Gasteiger partial charge in [-0.2, -0.15) is 0 Å². The van der Waals surface area contributed by atoms with Gasteiger partial charge in [0.1, 0.15) is 0 Å². The number of carbonyl (C=O) groups excluding carboxylic acids is 2. The number of ketones is 1. The van der Waals surface area contributed by atoms with Crippen molar-refractivity contribution in [3.8, 4) is 0 Å². The van der Waals surface area contributed by atoms with Gasteiger partial charge < -0.3 is 4.74 Å². The lowest BCUT2D eigenvalue weighted by atomic mass is 9.97. The second-order valence-corrected chi connectivity index (χ2v) is 4.91. The molecule has 1 aromatic carbocycles. The van der Waals surface area contributed by atoms with Crippen molar-refractivity contribution in [2.45, 2.75) is 19.4 Å². The van der Waals surface area contributed by atoms with E-state index >= 15 is 0 Å². The van der Waals surface area contributed by atoms with Crippen LogP contribution in [-0.4, -0.2) is 17.9 Å². The number of halogens is 2. The Balaban J connectivity index is 2.50. The molecule has 0 aromatic heterocycles. The Morgan fingerprint density at radius 2 is 2.25 bits per heavy atom. The van der Waals surface area contributed by atoms with E-state index in [0.29, 0.717) is 17.0 Å². The number of esters is 1. The molecule has 5 heteroatoms. The van der Waals surface area contributed by atoms with Crippen molar-refractivity contribution in [3.05, 3.63) is 32.8 Å². The molecular weight excluding hydrogens is 295 g/mol. The molecule has 0 aliphatic carbocycles. The van der Waals surface area contributed by atoms with E-state index in [1.807, 2.05) is 0 Å². The van der Waals surface area contributed by atoms with Crippen molar-refractivity contribution in [1.29, 1.82) is 0 Å². The molecule has 16 heavy (non-hydrogen) atoms. The van der Waals surface area contributed by atoms with Crippen LogP contribution in [0.3, 0.4) is 0 Å². The third-order valence-electron chi connectivity index (χ3n) is 2.47. The van der Waals surface area contributed by atoms with Gasteiger partial charge in [0.25, 0.3) is 0 Å². The van der Waals surface area contributed by atoms with E-state index < -0.39 is 12.1 Å². The largest absolute Gasteiger partial charge is 0.450 e. The molecule has 0 saturated heterocycles. The topological polar surface area (TPSA) is 43.4 Å². The minimum Gasteiger partial charge on any atom is -0.450 e. The smallest absolute Gasteiger partial charge is 0.339 e. The van der Waals surface area contributed by atoms with Gasteiger partial charge in [-0.1, -0.05) is 27.5 Å². The van der Waals surface area contributed by atoms with Crippen LogP contribution in [0.15, 0.2) is 16.6 Å². The standard InChI is InChI=1S/C11H8BrClO3/c1-5(14)10-4-7-8(11(15)16-10)2-6(13)3-9(7)12/h2-3,10H,4H2,1H3. The average molecular weight is 304 g/mol. The minimum atomic E-state index is -0.683. The van der Waals surface area contributed by atoms with E-state index in [1.165, 1.54) is 6.92 Å². The van der Waals surface area contributed by atoms with Gasteiger partial charge in [-0.25, -0.2) is 4.79 Å². The maximum Gasteiger partial charge on any atom is 0.339 e. The lowest BCUT2D eigenvalue weighted by Crippen LogP contribution is -2.33. The molecule has 1 aromatic rings. The Bertz CT molecular complexity index is 484. The number of rotatable bonds is 1. The van der Waals surface area contributed by atoms with Crippen molar-refractivity contribution in [3.63, 3.8) is 0 Å². The monoisotopic (exact) mass is 302 g/mol. The molecule has 0 radical (unpaired) electrons. The van der Waals surface area contributed by atoms with Gasteiger partial charge in [0.15, 0.2) is 11.9 Å². The Hall–Kier alpha value is -0.870. The SMILES string of the molecule is CC(=O)C1Cc2c(Br)cc(Cl)cc2C(=O)O1. The number of Topliss-reactive ketones (excluding diaryl/α,β-unsaturated/α-hetero) is 1. The highest BCUT2D eigenvalue weighted by molar-refractivity contribution is 9.10. The van der Waals surface area contributed by atoms with Crippen LogP contribution in [0.4, 0.5) is 0 Å².